The first-order valence-corrected chi connectivity index (χ1v) is 3.53. The van der Waals surface area contributed by atoms with Gasteiger partial charge in [0.25, 0.3) is 0 Å². The molecule has 0 radical (unpaired) electrons. The molecule has 0 aromatic carbocycles. The fourth-order valence-corrected chi connectivity index (χ4v) is 1.11. The maximum Gasteiger partial charge on any atom is 0.153 e. The lowest BCUT2D eigenvalue weighted by Gasteiger charge is -1.91. The molecule has 2 heterocycles. The van der Waals surface area contributed by atoms with Crippen LogP contribution in [0.15, 0.2) is 22.8 Å². The van der Waals surface area contributed by atoms with Gasteiger partial charge in [-0.2, -0.15) is 10.5 Å². The highest BCUT2D eigenvalue weighted by atomic mass is 16.3. The number of fused-ring (bicyclic) bond motifs is 1. The molecular weight excluding hydrogens is 166 g/mol. The Bertz CT molecular complexity index is 542. The van der Waals surface area contributed by atoms with Crippen molar-refractivity contribution in [1.29, 1.82) is 10.5 Å². The largest absolute Gasteiger partial charge is 0.464 e. The van der Waals surface area contributed by atoms with Crippen LogP contribution in [0.5, 0.6) is 0 Å². The molecule has 0 aliphatic heterocycles. The third-order valence-corrected chi connectivity index (χ3v) is 1.67. The van der Waals surface area contributed by atoms with Gasteiger partial charge >= 0.3 is 0 Å². The minimum absolute atomic E-state index is 0.194. The summed E-state index contributed by atoms with van der Waals surface area (Å²) in [6.07, 6.45) is 1.47. The van der Waals surface area contributed by atoms with Crippen LogP contribution in [0.25, 0.3) is 11.0 Å². The van der Waals surface area contributed by atoms with Crippen LogP contribution in [-0.4, -0.2) is 4.98 Å². The Morgan fingerprint density at radius 1 is 1.31 bits per heavy atom. The summed E-state index contributed by atoms with van der Waals surface area (Å²) in [4.78, 5) is 3.83. The van der Waals surface area contributed by atoms with E-state index in [2.05, 4.69) is 4.98 Å². The molecule has 60 valence electrons. The minimum atomic E-state index is 0.194. The lowest BCUT2D eigenvalue weighted by Crippen LogP contribution is -1.87. The summed E-state index contributed by atoms with van der Waals surface area (Å²) in [6, 6.07) is 6.93. The Labute approximate surface area is 73.6 Å². The van der Waals surface area contributed by atoms with Crippen molar-refractivity contribution in [2.24, 2.45) is 0 Å². The fraction of sp³-hybridized carbons (Fsp3) is 0. The summed E-state index contributed by atoms with van der Waals surface area (Å²) in [5.41, 5.74) is 0.935. The molecule has 2 aromatic rings. The van der Waals surface area contributed by atoms with Crippen LogP contribution in [0.3, 0.4) is 0 Å². The Morgan fingerprint density at radius 3 is 2.85 bits per heavy atom. The van der Waals surface area contributed by atoms with Crippen molar-refractivity contribution < 1.29 is 4.42 Å². The van der Waals surface area contributed by atoms with Crippen molar-refractivity contribution in [1.82, 2.24) is 4.98 Å². The first-order chi connectivity index (χ1) is 6.35. The molecule has 0 N–H and O–H groups in total. The maximum absolute atomic E-state index is 8.71. The van der Waals surface area contributed by atoms with Gasteiger partial charge in [-0.3, -0.25) is 0 Å². The quantitative estimate of drug-likeness (QED) is 0.599. The summed E-state index contributed by atoms with van der Waals surface area (Å²) < 4.78 is 5.06. The molecule has 0 spiro atoms. The molecule has 13 heavy (non-hydrogen) atoms. The van der Waals surface area contributed by atoms with E-state index in [-0.39, 0.29) is 11.4 Å². The third kappa shape index (κ3) is 1.02. The number of hydrogen-bond acceptors (Lipinski definition) is 4. The van der Waals surface area contributed by atoms with E-state index in [0.29, 0.717) is 11.0 Å². The van der Waals surface area contributed by atoms with E-state index < -0.39 is 0 Å². The zero-order valence-electron chi connectivity index (χ0n) is 6.48. The van der Waals surface area contributed by atoms with Crippen molar-refractivity contribution in [2.45, 2.75) is 0 Å². The molecule has 0 amide bonds. The van der Waals surface area contributed by atoms with E-state index >= 15 is 0 Å². The summed E-state index contributed by atoms with van der Waals surface area (Å²) in [5.74, 6) is 0. The molecule has 0 unspecified atom stereocenters. The molecule has 0 atom stereocenters. The summed E-state index contributed by atoms with van der Waals surface area (Å²) in [5, 5.41) is 17.9. The highest BCUT2D eigenvalue weighted by molar-refractivity contribution is 5.82. The Morgan fingerprint density at radius 2 is 2.15 bits per heavy atom. The number of hydrogen-bond donors (Lipinski definition) is 0. The van der Waals surface area contributed by atoms with E-state index in [1.165, 1.54) is 12.3 Å². The molecule has 4 heteroatoms. The predicted octanol–water partition coefficient (Wildman–Crippen LogP) is 1.57. The number of nitrogens with zero attached hydrogens (tertiary/aromatic N) is 3. The van der Waals surface area contributed by atoms with Crippen LogP contribution in [0.1, 0.15) is 11.4 Å². The zero-order valence-corrected chi connectivity index (χ0v) is 6.48. The predicted molar refractivity (Wildman–Crippen MR) is 43.4 cm³/mol. The van der Waals surface area contributed by atoms with Gasteiger partial charge in [0.2, 0.25) is 0 Å². The number of pyridine rings is 1. The van der Waals surface area contributed by atoms with E-state index in [0.717, 1.165) is 0 Å². The van der Waals surface area contributed by atoms with Crippen LogP contribution < -0.4 is 0 Å². The van der Waals surface area contributed by atoms with Crippen LogP contribution >= 0.6 is 0 Å². The molecule has 0 saturated heterocycles. The molecule has 0 saturated carbocycles. The number of furan rings is 1. The SMILES string of the molecule is N#Cc1cc2occc2c(C#N)n1. The van der Waals surface area contributed by atoms with Gasteiger partial charge in [0.1, 0.15) is 23.4 Å². The van der Waals surface area contributed by atoms with E-state index in [1.54, 1.807) is 6.07 Å². The number of aromatic nitrogens is 1. The van der Waals surface area contributed by atoms with E-state index in [1.807, 2.05) is 12.1 Å². The van der Waals surface area contributed by atoms with Gasteiger partial charge in [-0.15, -0.1) is 0 Å². The van der Waals surface area contributed by atoms with Crippen molar-refractivity contribution in [3.05, 3.63) is 29.8 Å². The highest BCUT2D eigenvalue weighted by Crippen LogP contribution is 2.18. The number of rotatable bonds is 0. The van der Waals surface area contributed by atoms with Gasteiger partial charge in [-0.25, -0.2) is 4.98 Å². The Hall–Kier alpha value is -2.33. The maximum atomic E-state index is 8.71. The minimum Gasteiger partial charge on any atom is -0.464 e. The van der Waals surface area contributed by atoms with Crippen molar-refractivity contribution >= 4 is 11.0 Å². The second-order valence-corrected chi connectivity index (χ2v) is 2.41. The molecule has 0 aliphatic rings. The van der Waals surface area contributed by atoms with Gasteiger partial charge in [0.15, 0.2) is 5.69 Å². The van der Waals surface area contributed by atoms with Crippen molar-refractivity contribution in [2.75, 3.05) is 0 Å². The van der Waals surface area contributed by atoms with Crippen molar-refractivity contribution in [3.63, 3.8) is 0 Å². The zero-order chi connectivity index (χ0) is 9.26. The van der Waals surface area contributed by atoms with Gasteiger partial charge < -0.3 is 4.42 Å². The normalized spacial score (nSPS) is 9.38. The topological polar surface area (TPSA) is 73.6 Å². The lowest BCUT2D eigenvalue weighted by molar-refractivity contribution is 0.615. The monoisotopic (exact) mass is 169 g/mol. The third-order valence-electron chi connectivity index (χ3n) is 1.67. The van der Waals surface area contributed by atoms with E-state index in [4.69, 9.17) is 14.9 Å². The second-order valence-electron chi connectivity index (χ2n) is 2.41. The number of nitriles is 2. The van der Waals surface area contributed by atoms with Crippen LogP contribution in [0.4, 0.5) is 0 Å². The molecule has 0 aliphatic carbocycles. The summed E-state index contributed by atoms with van der Waals surface area (Å²) >= 11 is 0. The Balaban J connectivity index is 2.89. The first-order valence-electron chi connectivity index (χ1n) is 3.53. The average Bonchev–Trinajstić information content (AvgIpc) is 2.63. The van der Waals surface area contributed by atoms with Gasteiger partial charge in [-0.05, 0) is 6.07 Å². The van der Waals surface area contributed by atoms with Crippen molar-refractivity contribution in [3.8, 4) is 12.1 Å². The summed E-state index contributed by atoms with van der Waals surface area (Å²) in [6.45, 7) is 0. The molecule has 0 bridgehead atoms. The Kier molecular flexibility index (Phi) is 1.47. The smallest absolute Gasteiger partial charge is 0.153 e. The molecular formula is C9H3N3O. The lowest BCUT2D eigenvalue weighted by atomic mass is 10.2. The molecule has 0 fully saturated rings. The van der Waals surface area contributed by atoms with Crippen LogP contribution in [0.2, 0.25) is 0 Å². The van der Waals surface area contributed by atoms with E-state index in [9.17, 15) is 0 Å². The molecule has 4 nitrogen and oxygen atoms in total. The highest BCUT2D eigenvalue weighted by Gasteiger charge is 2.06. The standard InChI is InChI=1S/C9H3N3O/c10-4-6-3-9-7(1-2-13-9)8(5-11)12-6/h1-3H. The van der Waals surface area contributed by atoms with Crippen LogP contribution in [0, 0.1) is 22.7 Å². The average molecular weight is 169 g/mol. The fourth-order valence-electron chi connectivity index (χ4n) is 1.11. The molecule has 2 aromatic heterocycles. The second kappa shape index (κ2) is 2.62. The van der Waals surface area contributed by atoms with Gasteiger partial charge in [-0.1, -0.05) is 0 Å². The summed E-state index contributed by atoms with van der Waals surface area (Å²) in [7, 11) is 0. The van der Waals surface area contributed by atoms with Crippen LogP contribution in [-0.2, 0) is 0 Å². The van der Waals surface area contributed by atoms with Gasteiger partial charge in [0.05, 0.1) is 11.6 Å². The van der Waals surface area contributed by atoms with Gasteiger partial charge in [0, 0.05) is 6.07 Å². The molecule has 2 rings (SSSR count). The first kappa shape index (κ1) is 7.33.